The number of nitrogens with zero attached hydrogens (tertiary/aromatic N) is 1. The fourth-order valence-electron chi connectivity index (χ4n) is 3.12. The van der Waals surface area contributed by atoms with Crippen molar-refractivity contribution >= 4 is 0 Å². The predicted molar refractivity (Wildman–Crippen MR) is 77.8 cm³/mol. The van der Waals surface area contributed by atoms with E-state index in [2.05, 4.69) is 18.7 Å². The summed E-state index contributed by atoms with van der Waals surface area (Å²) >= 11 is 0. The predicted octanol–water partition coefficient (Wildman–Crippen LogP) is 3.74. The zero-order chi connectivity index (χ0) is 14.7. The molecule has 3 atom stereocenters. The summed E-state index contributed by atoms with van der Waals surface area (Å²) in [7, 11) is 0. The lowest BCUT2D eigenvalue weighted by Gasteiger charge is -2.42. The third-order valence-electron chi connectivity index (χ3n) is 4.34. The zero-order valence-corrected chi connectivity index (χ0v) is 12.2. The Morgan fingerprint density at radius 2 is 1.95 bits per heavy atom. The first-order valence-electron chi connectivity index (χ1n) is 7.36. The van der Waals surface area contributed by atoms with E-state index in [1.165, 1.54) is 12.5 Å². The molecule has 2 rings (SSSR count). The van der Waals surface area contributed by atoms with E-state index in [9.17, 15) is 8.78 Å². The second-order valence-corrected chi connectivity index (χ2v) is 5.95. The van der Waals surface area contributed by atoms with Crippen LogP contribution in [0.5, 0.6) is 0 Å². The molecular weight excluding hydrogens is 258 g/mol. The third kappa shape index (κ3) is 3.36. The minimum atomic E-state index is -2.42. The van der Waals surface area contributed by atoms with Crippen LogP contribution >= 0.6 is 0 Å². The maximum Gasteiger partial charge on any atom is 0.263 e. The van der Waals surface area contributed by atoms with Gasteiger partial charge >= 0.3 is 0 Å². The van der Waals surface area contributed by atoms with Crippen LogP contribution in [0.4, 0.5) is 8.78 Å². The van der Waals surface area contributed by atoms with Crippen molar-refractivity contribution in [3.05, 3.63) is 35.4 Å². The highest BCUT2D eigenvalue weighted by Crippen LogP contribution is 2.31. The molecule has 1 fully saturated rings. The number of hydrogen-bond donors (Lipinski definition) is 1. The normalized spacial score (nSPS) is 25.9. The Bertz CT molecular complexity index is 436. The molecule has 0 spiro atoms. The van der Waals surface area contributed by atoms with Gasteiger partial charge in [0.1, 0.15) is 0 Å². The molecule has 0 aliphatic carbocycles. The maximum absolute atomic E-state index is 12.9. The molecule has 2 N–H and O–H groups in total. The molecule has 0 saturated carbocycles. The average Bonchev–Trinajstić information content (AvgIpc) is 2.44. The number of benzene rings is 1. The highest BCUT2D eigenvalue weighted by Gasteiger charge is 2.29. The lowest BCUT2D eigenvalue weighted by atomic mass is 9.91. The minimum Gasteiger partial charge on any atom is -0.329 e. The van der Waals surface area contributed by atoms with Crippen LogP contribution in [-0.2, 0) is 0 Å². The molecule has 1 aliphatic rings. The van der Waals surface area contributed by atoms with Crippen LogP contribution < -0.4 is 5.73 Å². The van der Waals surface area contributed by atoms with Gasteiger partial charge in [-0.15, -0.1) is 0 Å². The summed E-state index contributed by atoms with van der Waals surface area (Å²) < 4.78 is 25.7. The first-order valence-corrected chi connectivity index (χ1v) is 7.36. The number of halogens is 2. The molecule has 1 aromatic rings. The van der Waals surface area contributed by atoms with Crippen LogP contribution in [-0.4, -0.2) is 24.0 Å². The molecule has 0 aromatic heterocycles. The summed E-state index contributed by atoms with van der Waals surface area (Å²) in [6, 6.07) is 7.19. The van der Waals surface area contributed by atoms with Crippen LogP contribution in [0.3, 0.4) is 0 Å². The van der Waals surface area contributed by atoms with Gasteiger partial charge in [-0.05, 0) is 37.3 Å². The first-order chi connectivity index (χ1) is 9.52. The van der Waals surface area contributed by atoms with Gasteiger partial charge < -0.3 is 5.73 Å². The molecule has 0 bridgehead atoms. The van der Waals surface area contributed by atoms with Gasteiger partial charge in [0.2, 0.25) is 0 Å². The average molecular weight is 282 g/mol. The molecule has 20 heavy (non-hydrogen) atoms. The van der Waals surface area contributed by atoms with Crippen molar-refractivity contribution in [1.82, 2.24) is 4.90 Å². The van der Waals surface area contributed by atoms with E-state index in [4.69, 9.17) is 5.73 Å². The number of rotatable bonds is 4. The lowest BCUT2D eigenvalue weighted by Crippen LogP contribution is -2.45. The third-order valence-corrected chi connectivity index (χ3v) is 4.34. The molecule has 3 unspecified atom stereocenters. The Morgan fingerprint density at radius 1 is 1.25 bits per heavy atom. The first kappa shape index (κ1) is 15.4. The molecule has 1 aliphatic heterocycles. The van der Waals surface area contributed by atoms with Crippen molar-refractivity contribution in [2.45, 2.75) is 45.2 Å². The quantitative estimate of drug-likeness (QED) is 0.911. The number of piperidine rings is 1. The Hall–Kier alpha value is -1.00. The van der Waals surface area contributed by atoms with Gasteiger partial charge in [0.25, 0.3) is 6.43 Å². The highest BCUT2D eigenvalue weighted by molar-refractivity contribution is 5.27. The largest absolute Gasteiger partial charge is 0.329 e. The maximum atomic E-state index is 12.9. The summed E-state index contributed by atoms with van der Waals surface area (Å²) in [5, 5.41) is 0. The topological polar surface area (TPSA) is 29.3 Å². The van der Waals surface area contributed by atoms with Gasteiger partial charge in [0.05, 0.1) is 0 Å². The Balaban J connectivity index is 2.24. The van der Waals surface area contributed by atoms with Crippen molar-refractivity contribution in [2.75, 3.05) is 13.1 Å². The second kappa shape index (κ2) is 6.64. The standard InChI is InChI=1S/C16H24F2N2/c1-11-6-7-12(2)20(10-11)15(9-19)13-4-3-5-14(8-13)16(17)18/h3-5,8,11-12,15-16H,6-7,9-10,19H2,1-2H3. The molecule has 4 heteroatoms. The molecule has 1 saturated heterocycles. The van der Waals surface area contributed by atoms with Crippen molar-refractivity contribution in [1.29, 1.82) is 0 Å². The van der Waals surface area contributed by atoms with Crippen LogP contribution in [0.1, 0.15) is 50.3 Å². The lowest BCUT2D eigenvalue weighted by molar-refractivity contribution is 0.0795. The molecule has 0 amide bonds. The van der Waals surface area contributed by atoms with Gasteiger partial charge in [-0.25, -0.2) is 8.78 Å². The minimum absolute atomic E-state index is 0.0337. The van der Waals surface area contributed by atoms with Crippen LogP contribution in [0.25, 0.3) is 0 Å². The van der Waals surface area contributed by atoms with Gasteiger partial charge in [-0.1, -0.05) is 25.1 Å². The summed E-state index contributed by atoms with van der Waals surface area (Å²) in [5.41, 5.74) is 6.93. The van der Waals surface area contributed by atoms with E-state index in [0.29, 0.717) is 18.5 Å². The van der Waals surface area contributed by atoms with Crippen LogP contribution in [0, 0.1) is 5.92 Å². The van der Waals surface area contributed by atoms with Gasteiger partial charge in [-0.2, -0.15) is 0 Å². The van der Waals surface area contributed by atoms with Crippen LogP contribution in [0.15, 0.2) is 24.3 Å². The van der Waals surface area contributed by atoms with E-state index in [1.54, 1.807) is 12.1 Å². The summed E-state index contributed by atoms with van der Waals surface area (Å²) in [4.78, 5) is 2.37. The van der Waals surface area contributed by atoms with E-state index in [-0.39, 0.29) is 11.6 Å². The van der Waals surface area contributed by atoms with Crippen LogP contribution in [0.2, 0.25) is 0 Å². The zero-order valence-electron chi connectivity index (χ0n) is 12.2. The Morgan fingerprint density at radius 3 is 2.60 bits per heavy atom. The van der Waals surface area contributed by atoms with Crippen molar-refractivity contribution < 1.29 is 8.78 Å². The summed E-state index contributed by atoms with van der Waals surface area (Å²) in [5.74, 6) is 0.638. The smallest absolute Gasteiger partial charge is 0.263 e. The summed E-state index contributed by atoms with van der Waals surface area (Å²) in [6.45, 7) is 5.89. The summed E-state index contributed by atoms with van der Waals surface area (Å²) in [6.07, 6.45) is -0.0517. The molecule has 1 aromatic carbocycles. The number of likely N-dealkylation sites (tertiary alicyclic amines) is 1. The highest BCUT2D eigenvalue weighted by atomic mass is 19.3. The number of alkyl halides is 2. The van der Waals surface area contributed by atoms with E-state index >= 15 is 0 Å². The Kier molecular flexibility index (Phi) is 5.11. The van der Waals surface area contributed by atoms with E-state index in [1.807, 2.05) is 6.07 Å². The Labute approximate surface area is 120 Å². The fourth-order valence-corrected chi connectivity index (χ4v) is 3.12. The SMILES string of the molecule is CC1CCC(C)N(C(CN)c2cccc(C(F)F)c2)C1. The molecule has 1 heterocycles. The van der Waals surface area contributed by atoms with Crippen molar-refractivity contribution in [2.24, 2.45) is 11.7 Å². The fraction of sp³-hybridized carbons (Fsp3) is 0.625. The monoisotopic (exact) mass is 282 g/mol. The second-order valence-electron chi connectivity index (χ2n) is 5.95. The number of nitrogens with two attached hydrogens (primary N) is 1. The van der Waals surface area contributed by atoms with Crippen molar-refractivity contribution in [3.8, 4) is 0 Å². The molecule has 112 valence electrons. The van der Waals surface area contributed by atoms with Gasteiger partial charge in [-0.3, -0.25) is 4.90 Å². The molecular formula is C16H24F2N2. The van der Waals surface area contributed by atoms with Gasteiger partial charge in [0, 0.05) is 30.7 Å². The molecule has 0 radical (unpaired) electrons. The van der Waals surface area contributed by atoms with E-state index < -0.39 is 6.43 Å². The van der Waals surface area contributed by atoms with Crippen molar-refractivity contribution in [3.63, 3.8) is 0 Å². The number of hydrogen-bond acceptors (Lipinski definition) is 2. The van der Waals surface area contributed by atoms with Gasteiger partial charge in [0.15, 0.2) is 0 Å². The molecule has 2 nitrogen and oxygen atoms in total. The van der Waals surface area contributed by atoms with E-state index in [0.717, 1.165) is 18.5 Å².